The van der Waals surface area contributed by atoms with Gasteiger partial charge in [0.2, 0.25) is 5.91 Å². The van der Waals surface area contributed by atoms with Crippen molar-refractivity contribution in [3.8, 4) is 0 Å². The van der Waals surface area contributed by atoms with Crippen LogP contribution < -0.4 is 5.73 Å². The fourth-order valence-corrected chi connectivity index (χ4v) is 2.12. The molecule has 0 spiro atoms. The normalized spacial score (nSPS) is 22.1. The van der Waals surface area contributed by atoms with E-state index in [1.807, 2.05) is 6.92 Å². The number of amides is 1. The number of nitrogens with two attached hydrogens (primary N) is 1. The average molecular weight is 228 g/mol. The Morgan fingerprint density at radius 1 is 1.56 bits per heavy atom. The number of aliphatic carboxylic acids is 1. The second kappa shape index (κ2) is 5.84. The first-order valence-corrected chi connectivity index (χ1v) is 5.81. The number of hydrogen-bond acceptors (Lipinski definition) is 3. The molecule has 1 fully saturated rings. The number of rotatable bonds is 5. The summed E-state index contributed by atoms with van der Waals surface area (Å²) in [6.45, 7) is 2.98. The third-order valence-corrected chi connectivity index (χ3v) is 3.08. The molecule has 0 radical (unpaired) electrons. The van der Waals surface area contributed by atoms with Crippen LogP contribution >= 0.6 is 0 Å². The van der Waals surface area contributed by atoms with Crippen LogP contribution in [-0.4, -0.2) is 41.0 Å². The van der Waals surface area contributed by atoms with Crippen LogP contribution in [-0.2, 0) is 9.59 Å². The monoisotopic (exact) mass is 228 g/mol. The van der Waals surface area contributed by atoms with Crippen molar-refractivity contribution in [3.05, 3.63) is 0 Å². The van der Waals surface area contributed by atoms with Gasteiger partial charge < -0.3 is 15.7 Å². The standard InChI is InChI=1S/C11H20N2O3/c1-8(4-2-6-12)10(14)13-7-3-5-9(13)11(15)16/h8-9H,2-7,12H2,1H3,(H,15,16)/t8?,9-/m1/s1. The molecule has 0 bridgehead atoms. The fourth-order valence-electron chi connectivity index (χ4n) is 2.12. The Balaban J connectivity index is 2.55. The van der Waals surface area contributed by atoms with Gasteiger partial charge in [0.15, 0.2) is 0 Å². The van der Waals surface area contributed by atoms with Crippen LogP contribution in [0.1, 0.15) is 32.6 Å². The summed E-state index contributed by atoms with van der Waals surface area (Å²) >= 11 is 0. The van der Waals surface area contributed by atoms with E-state index in [1.54, 1.807) is 0 Å². The maximum absolute atomic E-state index is 12.0. The molecule has 0 aromatic rings. The van der Waals surface area contributed by atoms with E-state index in [4.69, 9.17) is 10.8 Å². The first-order chi connectivity index (χ1) is 7.57. The lowest BCUT2D eigenvalue weighted by atomic mass is 10.0. The highest BCUT2D eigenvalue weighted by molar-refractivity contribution is 5.85. The smallest absolute Gasteiger partial charge is 0.326 e. The van der Waals surface area contributed by atoms with Crippen molar-refractivity contribution < 1.29 is 14.7 Å². The van der Waals surface area contributed by atoms with E-state index in [0.29, 0.717) is 19.5 Å². The maximum Gasteiger partial charge on any atom is 0.326 e. The van der Waals surface area contributed by atoms with Crippen LogP contribution in [0.25, 0.3) is 0 Å². The van der Waals surface area contributed by atoms with Crippen LogP contribution in [0.15, 0.2) is 0 Å². The van der Waals surface area contributed by atoms with E-state index in [1.165, 1.54) is 4.90 Å². The van der Waals surface area contributed by atoms with Gasteiger partial charge in [-0.2, -0.15) is 0 Å². The van der Waals surface area contributed by atoms with Crippen molar-refractivity contribution in [1.82, 2.24) is 4.90 Å². The maximum atomic E-state index is 12.0. The molecule has 1 amide bonds. The number of carboxylic acids is 1. The highest BCUT2D eigenvalue weighted by Crippen LogP contribution is 2.21. The Bertz CT molecular complexity index is 268. The second-order valence-corrected chi connectivity index (χ2v) is 4.36. The summed E-state index contributed by atoms with van der Waals surface area (Å²) in [6, 6.07) is -0.618. The van der Waals surface area contributed by atoms with Crippen LogP contribution in [0, 0.1) is 5.92 Å². The largest absolute Gasteiger partial charge is 0.480 e. The van der Waals surface area contributed by atoms with E-state index >= 15 is 0 Å². The molecule has 1 saturated heterocycles. The summed E-state index contributed by atoms with van der Waals surface area (Å²) in [5.41, 5.74) is 5.39. The molecule has 92 valence electrons. The summed E-state index contributed by atoms with van der Waals surface area (Å²) in [6.07, 6.45) is 2.90. The number of carboxylic acid groups (broad SMARTS) is 1. The summed E-state index contributed by atoms with van der Waals surface area (Å²) in [4.78, 5) is 24.4. The molecule has 0 saturated carbocycles. The molecule has 2 atom stereocenters. The predicted octanol–water partition coefficient (Wildman–Crippen LogP) is 0.437. The van der Waals surface area contributed by atoms with Gasteiger partial charge in [0.05, 0.1) is 0 Å². The van der Waals surface area contributed by atoms with Crippen molar-refractivity contribution in [2.24, 2.45) is 11.7 Å². The zero-order valence-electron chi connectivity index (χ0n) is 9.69. The third kappa shape index (κ3) is 2.95. The Labute approximate surface area is 95.6 Å². The topological polar surface area (TPSA) is 83.6 Å². The van der Waals surface area contributed by atoms with Gasteiger partial charge in [-0.25, -0.2) is 4.79 Å². The highest BCUT2D eigenvalue weighted by atomic mass is 16.4. The van der Waals surface area contributed by atoms with Gasteiger partial charge in [-0.1, -0.05) is 6.92 Å². The number of nitrogens with zero attached hydrogens (tertiary/aromatic N) is 1. The SMILES string of the molecule is CC(CCCN)C(=O)N1CCC[C@@H]1C(=O)O. The molecule has 1 heterocycles. The van der Waals surface area contributed by atoms with Gasteiger partial charge in [-0.05, 0) is 32.2 Å². The Hall–Kier alpha value is -1.10. The highest BCUT2D eigenvalue weighted by Gasteiger charge is 2.35. The van der Waals surface area contributed by atoms with E-state index in [-0.39, 0.29) is 11.8 Å². The second-order valence-electron chi connectivity index (χ2n) is 4.36. The summed E-state index contributed by atoms with van der Waals surface area (Å²) < 4.78 is 0. The average Bonchev–Trinajstić information content (AvgIpc) is 2.73. The third-order valence-electron chi connectivity index (χ3n) is 3.08. The number of hydrogen-bond donors (Lipinski definition) is 2. The van der Waals surface area contributed by atoms with Gasteiger partial charge in [0.1, 0.15) is 6.04 Å². The molecular formula is C11H20N2O3. The minimum atomic E-state index is -0.892. The molecule has 5 heteroatoms. The first-order valence-electron chi connectivity index (χ1n) is 5.81. The number of carbonyl (C=O) groups is 2. The molecule has 0 aromatic carbocycles. The van der Waals surface area contributed by atoms with Crippen molar-refractivity contribution in [2.45, 2.75) is 38.6 Å². The fraction of sp³-hybridized carbons (Fsp3) is 0.818. The van der Waals surface area contributed by atoms with Crippen molar-refractivity contribution >= 4 is 11.9 Å². The zero-order chi connectivity index (χ0) is 12.1. The van der Waals surface area contributed by atoms with Crippen LogP contribution in [0.4, 0.5) is 0 Å². The summed E-state index contributed by atoms with van der Waals surface area (Å²) in [5, 5.41) is 8.98. The molecular weight excluding hydrogens is 208 g/mol. The molecule has 5 nitrogen and oxygen atoms in total. The van der Waals surface area contributed by atoms with E-state index in [2.05, 4.69) is 0 Å². The Morgan fingerprint density at radius 2 is 2.25 bits per heavy atom. The lowest BCUT2D eigenvalue weighted by Crippen LogP contribution is -2.43. The molecule has 1 rings (SSSR count). The Kier molecular flexibility index (Phi) is 4.73. The Morgan fingerprint density at radius 3 is 2.81 bits per heavy atom. The molecule has 0 aromatic heterocycles. The minimum Gasteiger partial charge on any atom is -0.480 e. The van der Waals surface area contributed by atoms with Crippen molar-refractivity contribution in [3.63, 3.8) is 0 Å². The number of likely N-dealkylation sites (tertiary alicyclic amines) is 1. The summed E-state index contributed by atoms with van der Waals surface area (Å²) in [5.74, 6) is -1.06. The van der Waals surface area contributed by atoms with Crippen molar-refractivity contribution in [2.75, 3.05) is 13.1 Å². The van der Waals surface area contributed by atoms with Gasteiger partial charge >= 0.3 is 5.97 Å². The van der Waals surface area contributed by atoms with Crippen LogP contribution in [0.5, 0.6) is 0 Å². The first kappa shape index (κ1) is 13.0. The van der Waals surface area contributed by atoms with Crippen LogP contribution in [0.2, 0.25) is 0 Å². The predicted molar refractivity (Wildman–Crippen MR) is 59.8 cm³/mol. The molecule has 1 unspecified atom stereocenters. The van der Waals surface area contributed by atoms with Crippen LogP contribution in [0.3, 0.4) is 0 Å². The molecule has 16 heavy (non-hydrogen) atoms. The minimum absolute atomic E-state index is 0.0432. The van der Waals surface area contributed by atoms with Gasteiger partial charge in [-0.15, -0.1) is 0 Å². The molecule has 3 N–H and O–H groups in total. The molecule has 1 aliphatic rings. The van der Waals surface area contributed by atoms with E-state index in [9.17, 15) is 9.59 Å². The van der Waals surface area contributed by atoms with Gasteiger partial charge in [0, 0.05) is 12.5 Å². The summed E-state index contributed by atoms with van der Waals surface area (Å²) in [7, 11) is 0. The zero-order valence-corrected chi connectivity index (χ0v) is 9.69. The number of carbonyl (C=O) groups excluding carboxylic acids is 1. The lowest BCUT2D eigenvalue weighted by Gasteiger charge is -2.24. The van der Waals surface area contributed by atoms with Crippen molar-refractivity contribution in [1.29, 1.82) is 0 Å². The molecule has 1 aliphatic heterocycles. The van der Waals surface area contributed by atoms with E-state index < -0.39 is 12.0 Å². The molecule has 0 aliphatic carbocycles. The quantitative estimate of drug-likeness (QED) is 0.715. The van der Waals surface area contributed by atoms with E-state index in [0.717, 1.165) is 19.3 Å². The lowest BCUT2D eigenvalue weighted by molar-refractivity contribution is -0.149. The van der Waals surface area contributed by atoms with Gasteiger partial charge in [-0.3, -0.25) is 4.79 Å². The van der Waals surface area contributed by atoms with Gasteiger partial charge in [0.25, 0.3) is 0 Å².